The molecule has 0 atom stereocenters. The first kappa shape index (κ1) is 10.4. The fourth-order valence-corrected chi connectivity index (χ4v) is 1.57. The summed E-state index contributed by atoms with van der Waals surface area (Å²) >= 11 is 0. The molecular weight excluding hydrogens is 200 g/mol. The molecular formula is C13H12N2O. The van der Waals surface area contributed by atoms with Crippen molar-refractivity contribution in [2.24, 2.45) is 0 Å². The van der Waals surface area contributed by atoms with Crippen LogP contribution in [0.5, 0.6) is 0 Å². The number of nitrogens with two attached hydrogens (primary N) is 1. The number of benzene rings is 1. The molecule has 2 rings (SSSR count). The van der Waals surface area contributed by atoms with Crippen LogP contribution in [0.2, 0.25) is 0 Å². The average Bonchev–Trinajstić information content (AvgIpc) is 2.29. The Hall–Kier alpha value is -2.16. The van der Waals surface area contributed by atoms with Gasteiger partial charge in [-0.25, -0.2) is 4.98 Å². The molecule has 0 aliphatic carbocycles. The number of pyridine rings is 1. The van der Waals surface area contributed by atoms with Crippen LogP contribution >= 0.6 is 0 Å². The monoisotopic (exact) mass is 212 g/mol. The zero-order valence-corrected chi connectivity index (χ0v) is 8.97. The van der Waals surface area contributed by atoms with Gasteiger partial charge in [0.1, 0.15) is 5.82 Å². The highest BCUT2D eigenvalue weighted by molar-refractivity contribution is 6.09. The van der Waals surface area contributed by atoms with Crippen molar-refractivity contribution in [2.45, 2.75) is 6.92 Å². The quantitative estimate of drug-likeness (QED) is 0.776. The predicted molar refractivity (Wildman–Crippen MR) is 63.3 cm³/mol. The summed E-state index contributed by atoms with van der Waals surface area (Å²) in [5.74, 6) is 0.410. The predicted octanol–water partition coefficient (Wildman–Crippen LogP) is 2.20. The van der Waals surface area contributed by atoms with Crippen molar-refractivity contribution in [1.82, 2.24) is 4.98 Å². The van der Waals surface area contributed by atoms with E-state index in [0.717, 1.165) is 0 Å². The summed E-state index contributed by atoms with van der Waals surface area (Å²) in [5, 5.41) is 0. The van der Waals surface area contributed by atoms with Gasteiger partial charge in [-0.05, 0) is 19.1 Å². The van der Waals surface area contributed by atoms with Gasteiger partial charge in [0.15, 0.2) is 5.78 Å². The zero-order chi connectivity index (χ0) is 11.5. The fourth-order valence-electron chi connectivity index (χ4n) is 1.57. The number of anilines is 1. The number of carbonyl (C=O) groups excluding carboxylic acids is 1. The summed E-state index contributed by atoms with van der Waals surface area (Å²) in [5.41, 5.74) is 7.47. The Morgan fingerprint density at radius 3 is 2.44 bits per heavy atom. The molecule has 0 saturated heterocycles. The second-order valence-electron chi connectivity index (χ2n) is 3.56. The van der Waals surface area contributed by atoms with E-state index in [1.807, 2.05) is 18.2 Å². The lowest BCUT2D eigenvalue weighted by molar-refractivity contribution is 0.103. The molecule has 0 bridgehead atoms. The number of rotatable bonds is 2. The van der Waals surface area contributed by atoms with Crippen molar-refractivity contribution >= 4 is 11.6 Å². The molecule has 0 radical (unpaired) electrons. The lowest BCUT2D eigenvalue weighted by Gasteiger charge is -2.04. The minimum absolute atomic E-state index is 0.0226. The Balaban J connectivity index is 2.42. The Morgan fingerprint density at radius 1 is 1.12 bits per heavy atom. The van der Waals surface area contributed by atoms with Gasteiger partial charge >= 0.3 is 0 Å². The summed E-state index contributed by atoms with van der Waals surface area (Å²) < 4.78 is 0. The third-order valence-electron chi connectivity index (χ3n) is 2.39. The first-order valence-electron chi connectivity index (χ1n) is 5.01. The van der Waals surface area contributed by atoms with E-state index in [4.69, 9.17) is 5.73 Å². The van der Waals surface area contributed by atoms with Gasteiger partial charge in [0.25, 0.3) is 0 Å². The van der Waals surface area contributed by atoms with E-state index in [2.05, 4.69) is 4.98 Å². The number of hydrogen-bond donors (Lipinski definition) is 1. The molecule has 1 aromatic carbocycles. The second kappa shape index (κ2) is 4.14. The Bertz CT molecular complexity index is 521. The van der Waals surface area contributed by atoms with Crippen LogP contribution in [0.3, 0.4) is 0 Å². The van der Waals surface area contributed by atoms with Crippen molar-refractivity contribution in [3.63, 3.8) is 0 Å². The number of hydrogen-bond acceptors (Lipinski definition) is 3. The Morgan fingerprint density at radius 2 is 1.81 bits per heavy atom. The smallest absolute Gasteiger partial charge is 0.194 e. The van der Waals surface area contributed by atoms with Crippen LogP contribution in [0, 0.1) is 6.92 Å². The molecule has 0 amide bonds. The molecule has 2 N–H and O–H groups in total. The molecule has 1 heterocycles. The number of carbonyl (C=O) groups is 1. The molecule has 0 aliphatic rings. The summed E-state index contributed by atoms with van der Waals surface area (Å²) in [6.07, 6.45) is 0. The molecule has 0 spiro atoms. The van der Waals surface area contributed by atoms with Gasteiger partial charge in [-0.2, -0.15) is 0 Å². The Labute approximate surface area is 93.9 Å². The molecule has 2 aromatic rings. The first-order chi connectivity index (χ1) is 7.68. The average molecular weight is 212 g/mol. The second-order valence-corrected chi connectivity index (χ2v) is 3.56. The molecule has 3 heteroatoms. The highest BCUT2D eigenvalue weighted by atomic mass is 16.1. The lowest BCUT2D eigenvalue weighted by atomic mass is 10.0. The van der Waals surface area contributed by atoms with Gasteiger partial charge in [-0.15, -0.1) is 0 Å². The van der Waals surface area contributed by atoms with Crippen LogP contribution in [-0.4, -0.2) is 10.8 Å². The first-order valence-corrected chi connectivity index (χ1v) is 5.01. The van der Waals surface area contributed by atoms with Crippen LogP contribution in [0.15, 0.2) is 42.5 Å². The molecule has 0 aliphatic heterocycles. The maximum absolute atomic E-state index is 12.1. The van der Waals surface area contributed by atoms with Gasteiger partial charge in [-0.3, -0.25) is 4.79 Å². The van der Waals surface area contributed by atoms with Gasteiger partial charge in [0.05, 0.1) is 5.69 Å². The zero-order valence-electron chi connectivity index (χ0n) is 8.97. The van der Waals surface area contributed by atoms with Gasteiger partial charge in [-0.1, -0.05) is 30.3 Å². The highest BCUT2D eigenvalue weighted by Gasteiger charge is 2.11. The van der Waals surface area contributed by atoms with E-state index >= 15 is 0 Å². The summed E-state index contributed by atoms with van der Waals surface area (Å²) in [4.78, 5) is 16.2. The van der Waals surface area contributed by atoms with Crippen LogP contribution in [0.25, 0.3) is 0 Å². The fraction of sp³-hybridized carbons (Fsp3) is 0.0769. The maximum atomic E-state index is 12.1. The van der Waals surface area contributed by atoms with E-state index in [1.165, 1.54) is 0 Å². The van der Waals surface area contributed by atoms with E-state index in [1.54, 1.807) is 31.2 Å². The maximum Gasteiger partial charge on any atom is 0.194 e. The number of ketones is 1. The van der Waals surface area contributed by atoms with Crippen LogP contribution in [0.4, 0.5) is 5.82 Å². The topological polar surface area (TPSA) is 56.0 Å². The summed E-state index contributed by atoms with van der Waals surface area (Å²) in [7, 11) is 0. The van der Waals surface area contributed by atoms with Crippen molar-refractivity contribution < 1.29 is 4.79 Å². The minimum Gasteiger partial charge on any atom is -0.384 e. The number of aromatic nitrogens is 1. The molecule has 0 unspecified atom stereocenters. The van der Waals surface area contributed by atoms with Crippen LogP contribution in [0.1, 0.15) is 21.6 Å². The molecule has 0 fully saturated rings. The standard InChI is InChI=1S/C13H12N2O/c1-9-11(7-8-12(14)15-9)13(16)10-5-3-2-4-6-10/h2-8H,1H3,(H2,14,15). The summed E-state index contributed by atoms with van der Waals surface area (Å²) in [6.45, 7) is 1.78. The van der Waals surface area contributed by atoms with E-state index in [-0.39, 0.29) is 5.78 Å². The van der Waals surface area contributed by atoms with E-state index in [0.29, 0.717) is 22.6 Å². The van der Waals surface area contributed by atoms with Gasteiger partial charge in [0.2, 0.25) is 0 Å². The van der Waals surface area contributed by atoms with E-state index < -0.39 is 0 Å². The molecule has 16 heavy (non-hydrogen) atoms. The number of aryl methyl sites for hydroxylation is 1. The molecule has 1 aromatic heterocycles. The third-order valence-corrected chi connectivity index (χ3v) is 2.39. The van der Waals surface area contributed by atoms with E-state index in [9.17, 15) is 4.79 Å². The lowest BCUT2D eigenvalue weighted by Crippen LogP contribution is -2.06. The van der Waals surface area contributed by atoms with Crippen molar-refractivity contribution in [3.05, 3.63) is 59.3 Å². The van der Waals surface area contributed by atoms with Crippen molar-refractivity contribution in [2.75, 3.05) is 5.73 Å². The van der Waals surface area contributed by atoms with Crippen LogP contribution in [-0.2, 0) is 0 Å². The summed E-state index contributed by atoms with van der Waals surface area (Å²) in [6, 6.07) is 12.5. The SMILES string of the molecule is Cc1nc(N)ccc1C(=O)c1ccccc1. The molecule has 80 valence electrons. The highest BCUT2D eigenvalue weighted by Crippen LogP contribution is 2.13. The minimum atomic E-state index is -0.0226. The van der Waals surface area contributed by atoms with Gasteiger partial charge < -0.3 is 5.73 Å². The van der Waals surface area contributed by atoms with Crippen molar-refractivity contribution in [1.29, 1.82) is 0 Å². The normalized spacial score (nSPS) is 10.1. The largest absolute Gasteiger partial charge is 0.384 e. The number of nitrogens with zero attached hydrogens (tertiary/aromatic N) is 1. The van der Waals surface area contributed by atoms with Crippen molar-refractivity contribution in [3.8, 4) is 0 Å². The van der Waals surface area contributed by atoms with Gasteiger partial charge in [0, 0.05) is 11.1 Å². The molecule has 0 saturated carbocycles. The Kier molecular flexibility index (Phi) is 2.68. The number of nitrogen functional groups attached to an aromatic ring is 1. The third kappa shape index (κ3) is 1.93. The molecule has 3 nitrogen and oxygen atoms in total. The van der Waals surface area contributed by atoms with Crippen LogP contribution < -0.4 is 5.73 Å².